The first-order valence-electron chi connectivity index (χ1n) is 10.5. The Balaban J connectivity index is 1.46. The number of anilines is 3. The van der Waals surface area contributed by atoms with E-state index in [1.165, 1.54) is 0 Å². The Morgan fingerprint density at radius 2 is 1.90 bits per heavy atom. The maximum atomic E-state index is 13.1. The number of hydrogen-bond donors (Lipinski definition) is 2. The highest BCUT2D eigenvalue weighted by atomic mass is 16.2. The third-order valence-electron chi connectivity index (χ3n) is 5.45. The van der Waals surface area contributed by atoms with E-state index >= 15 is 0 Å². The molecule has 30 heavy (non-hydrogen) atoms. The van der Waals surface area contributed by atoms with Crippen LogP contribution >= 0.6 is 0 Å². The number of aromatic amines is 1. The van der Waals surface area contributed by atoms with E-state index in [-0.39, 0.29) is 5.91 Å². The number of nitrogens with one attached hydrogen (secondary N) is 2. The molecule has 1 aliphatic heterocycles. The van der Waals surface area contributed by atoms with E-state index in [0.717, 1.165) is 41.2 Å². The van der Waals surface area contributed by atoms with Gasteiger partial charge in [-0.05, 0) is 44.2 Å². The van der Waals surface area contributed by atoms with Crippen LogP contribution in [0, 0.1) is 0 Å². The van der Waals surface area contributed by atoms with Crippen molar-refractivity contribution in [1.82, 2.24) is 14.9 Å². The lowest BCUT2D eigenvalue weighted by atomic mass is 10.2. The van der Waals surface area contributed by atoms with Gasteiger partial charge in [0.2, 0.25) is 0 Å². The van der Waals surface area contributed by atoms with Gasteiger partial charge in [0.05, 0.1) is 5.69 Å². The molecule has 158 valence electrons. The fourth-order valence-electron chi connectivity index (χ4n) is 3.87. The molecule has 1 aromatic carbocycles. The van der Waals surface area contributed by atoms with Gasteiger partial charge in [0.1, 0.15) is 5.69 Å². The second-order valence-corrected chi connectivity index (χ2v) is 8.30. The minimum Gasteiger partial charge on any atom is -0.380 e. The molecule has 0 spiro atoms. The molecule has 0 bridgehead atoms. The number of pyridine rings is 1. The van der Waals surface area contributed by atoms with Crippen molar-refractivity contribution < 1.29 is 4.79 Å². The van der Waals surface area contributed by atoms with Crippen LogP contribution in [0.4, 0.5) is 17.2 Å². The van der Waals surface area contributed by atoms with Gasteiger partial charge < -0.3 is 25.0 Å². The van der Waals surface area contributed by atoms with Crippen LogP contribution in [0.5, 0.6) is 0 Å². The molecule has 7 heteroatoms. The Morgan fingerprint density at radius 1 is 1.13 bits per heavy atom. The van der Waals surface area contributed by atoms with Crippen molar-refractivity contribution in [2.75, 3.05) is 55.4 Å². The molecule has 3 aromatic rings. The van der Waals surface area contributed by atoms with E-state index in [9.17, 15) is 4.79 Å². The molecule has 0 saturated carbocycles. The lowest BCUT2D eigenvalue weighted by Crippen LogP contribution is -2.49. The van der Waals surface area contributed by atoms with Gasteiger partial charge in [-0.3, -0.25) is 4.79 Å². The molecule has 0 radical (unpaired) electrons. The van der Waals surface area contributed by atoms with E-state index in [4.69, 9.17) is 0 Å². The van der Waals surface area contributed by atoms with Crippen molar-refractivity contribution in [3.8, 4) is 0 Å². The number of fused-ring (bicyclic) bond motifs is 1. The number of benzene rings is 1. The van der Waals surface area contributed by atoms with Crippen LogP contribution in [0.15, 0.2) is 42.6 Å². The lowest BCUT2D eigenvalue weighted by molar-refractivity contribution is 0.0741. The van der Waals surface area contributed by atoms with Crippen LogP contribution < -0.4 is 15.1 Å². The highest BCUT2D eigenvalue weighted by Crippen LogP contribution is 2.26. The maximum Gasteiger partial charge on any atom is 0.270 e. The molecule has 1 saturated heterocycles. The Bertz CT molecular complexity index is 1030. The van der Waals surface area contributed by atoms with Crippen LogP contribution in [-0.4, -0.2) is 67.1 Å². The Hall–Kier alpha value is -3.22. The number of H-pyrrole nitrogens is 1. The second-order valence-electron chi connectivity index (χ2n) is 8.30. The summed E-state index contributed by atoms with van der Waals surface area (Å²) in [7, 11) is 4.03. The zero-order valence-electron chi connectivity index (χ0n) is 18.1. The van der Waals surface area contributed by atoms with E-state index in [2.05, 4.69) is 63.2 Å². The third-order valence-corrected chi connectivity index (χ3v) is 5.45. The first-order valence-corrected chi connectivity index (χ1v) is 10.5. The number of rotatable bonds is 5. The fourth-order valence-corrected chi connectivity index (χ4v) is 3.87. The normalized spacial score (nSPS) is 14.4. The monoisotopic (exact) mass is 406 g/mol. The third kappa shape index (κ3) is 4.06. The van der Waals surface area contributed by atoms with Gasteiger partial charge in [0, 0.05) is 69.1 Å². The fraction of sp³-hybridized carbons (Fsp3) is 0.391. The lowest BCUT2D eigenvalue weighted by Gasteiger charge is -2.36. The summed E-state index contributed by atoms with van der Waals surface area (Å²) in [4.78, 5) is 27.2. The summed E-state index contributed by atoms with van der Waals surface area (Å²) in [5.74, 6) is 1.01. The summed E-state index contributed by atoms with van der Waals surface area (Å²) in [5, 5.41) is 4.52. The topological polar surface area (TPSA) is 67.5 Å². The molecule has 4 rings (SSSR count). The largest absolute Gasteiger partial charge is 0.380 e. The van der Waals surface area contributed by atoms with Crippen molar-refractivity contribution in [3.63, 3.8) is 0 Å². The van der Waals surface area contributed by atoms with Crippen LogP contribution in [0.1, 0.15) is 24.3 Å². The standard InChI is InChI=1S/C23H30N6O/c1-16(2)25-19-6-5-9-24-22(19)28-10-12-29(13-11-28)23(30)21-14-17-7-8-18(27(3)4)15-20(17)26-21/h5-9,14-16,25-26H,10-13H2,1-4H3. The molecule has 0 unspecified atom stereocenters. The molecule has 0 aliphatic carbocycles. The first-order chi connectivity index (χ1) is 14.4. The van der Waals surface area contributed by atoms with Crippen LogP contribution in [-0.2, 0) is 0 Å². The quantitative estimate of drug-likeness (QED) is 0.680. The number of carbonyl (C=O) groups is 1. The van der Waals surface area contributed by atoms with Crippen LogP contribution in [0.25, 0.3) is 10.9 Å². The molecular weight excluding hydrogens is 376 g/mol. The van der Waals surface area contributed by atoms with Crippen molar-refractivity contribution in [2.24, 2.45) is 0 Å². The van der Waals surface area contributed by atoms with Gasteiger partial charge in [0.25, 0.3) is 5.91 Å². The van der Waals surface area contributed by atoms with E-state index < -0.39 is 0 Å². The number of amides is 1. The summed E-state index contributed by atoms with van der Waals surface area (Å²) in [6, 6.07) is 12.5. The Labute approximate surface area is 177 Å². The van der Waals surface area contributed by atoms with Crippen molar-refractivity contribution >= 4 is 34.0 Å². The summed E-state index contributed by atoms with van der Waals surface area (Å²) >= 11 is 0. The average Bonchev–Trinajstić information content (AvgIpc) is 3.17. The Morgan fingerprint density at radius 3 is 2.60 bits per heavy atom. The molecule has 2 aromatic heterocycles. The molecule has 0 atom stereocenters. The summed E-state index contributed by atoms with van der Waals surface area (Å²) < 4.78 is 0. The van der Waals surface area contributed by atoms with E-state index in [1.54, 1.807) is 0 Å². The molecular formula is C23H30N6O. The number of carbonyl (C=O) groups excluding carboxylic acids is 1. The SMILES string of the molecule is CC(C)Nc1cccnc1N1CCN(C(=O)c2cc3ccc(N(C)C)cc3[nH]2)CC1. The minimum absolute atomic E-state index is 0.0544. The van der Waals surface area contributed by atoms with Crippen LogP contribution in [0.3, 0.4) is 0 Å². The second kappa shape index (κ2) is 8.26. The summed E-state index contributed by atoms with van der Waals surface area (Å²) in [6.07, 6.45) is 1.82. The smallest absolute Gasteiger partial charge is 0.270 e. The number of nitrogens with zero attached hydrogens (tertiary/aromatic N) is 4. The van der Waals surface area contributed by atoms with Gasteiger partial charge >= 0.3 is 0 Å². The predicted molar refractivity (Wildman–Crippen MR) is 124 cm³/mol. The van der Waals surface area contributed by atoms with Gasteiger partial charge in [0.15, 0.2) is 5.82 Å². The van der Waals surface area contributed by atoms with Gasteiger partial charge in [-0.1, -0.05) is 6.07 Å². The Kier molecular flexibility index (Phi) is 5.53. The number of piperazine rings is 1. The molecule has 1 amide bonds. The molecule has 3 heterocycles. The molecule has 2 N–H and O–H groups in total. The van der Waals surface area contributed by atoms with E-state index in [0.29, 0.717) is 24.8 Å². The summed E-state index contributed by atoms with van der Waals surface area (Å²) in [6.45, 7) is 7.12. The van der Waals surface area contributed by atoms with Crippen molar-refractivity contribution in [1.29, 1.82) is 0 Å². The van der Waals surface area contributed by atoms with Gasteiger partial charge in [-0.15, -0.1) is 0 Å². The number of aromatic nitrogens is 2. The maximum absolute atomic E-state index is 13.1. The van der Waals surface area contributed by atoms with Crippen molar-refractivity contribution in [2.45, 2.75) is 19.9 Å². The molecule has 1 fully saturated rings. The highest BCUT2D eigenvalue weighted by molar-refractivity contribution is 5.98. The van der Waals surface area contributed by atoms with Gasteiger partial charge in [-0.2, -0.15) is 0 Å². The number of hydrogen-bond acceptors (Lipinski definition) is 5. The first kappa shape index (κ1) is 20.1. The molecule has 1 aliphatic rings. The zero-order chi connectivity index (χ0) is 21.3. The zero-order valence-corrected chi connectivity index (χ0v) is 18.1. The molecule has 7 nitrogen and oxygen atoms in total. The van der Waals surface area contributed by atoms with Gasteiger partial charge in [-0.25, -0.2) is 4.98 Å². The predicted octanol–water partition coefficient (Wildman–Crippen LogP) is 3.41. The minimum atomic E-state index is 0.0544. The van der Waals surface area contributed by atoms with E-state index in [1.807, 2.05) is 37.3 Å². The average molecular weight is 407 g/mol. The summed E-state index contributed by atoms with van der Waals surface area (Å²) in [5.41, 5.74) is 3.79. The highest BCUT2D eigenvalue weighted by Gasteiger charge is 2.25. The van der Waals surface area contributed by atoms with Crippen molar-refractivity contribution in [3.05, 3.63) is 48.3 Å². The van der Waals surface area contributed by atoms with Crippen LogP contribution in [0.2, 0.25) is 0 Å².